The second-order valence-corrected chi connectivity index (χ2v) is 4.28. The number of benzene rings is 1. The average molecular weight is 294 g/mol. The summed E-state index contributed by atoms with van der Waals surface area (Å²) in [6, 6.07) is 7.12. The molecule has 1 aromatic carbocycles. The Morgan fingerprint density at radius 1 is 1.45 bits per heavy atom. The Balaban J connectivity index is 0.00000147. The molecule has 0 saturated heterocycles. The Labute approximate surface area is 120 Å². The number of anilines is 1. The topological polar surface area (TPSA) is 113 Å². The van der Waals surface area contributed by atoms with Crippen molar-refractivity contribution >= 4 is 46.8 Å². The number of aromatic nitrogens is 1. The van der Waals surface area contributed by atoms with Gasteiger partial charge in [0.05, 0.1) is 11.2 Å². The molecular weight excluding hydrogens is 282 g/mol. The number of rotatable bonds is 1. The standard InChI is InChI=1S/C12H11N5O2.ClH/c13-12(14)16-11(19)8-4-6-2-1-3-7-10(6)17(8)5-9(18)15-7;/h1-4H,5H2,(H,15,18)(H4,13,14,16,19);1H. The molecule has 0 atom stereocenters. The third-order valence-corrected chi connectivity index (χ3v) is 2.98. The minimum atomic E-state index is -0.496. The highest BCUT2D eigenvalue weighted by molar-refractivity contribution is 6.11. The summed E-state index contributed by atoms with van der Waals surface area (Å²) in [7, 11) is 0. The van der Waals surface area contributed by atoms with E-state index >= 15 is 0 Å². The van der Waals surface area contributed by atoms with Crippen LogP contribution in [0.1, 0.15) is 10.5 Å². The van der Waals surface area contributed by atoms with Crippen molar-refractivity contribution in [2.24, 2.45) is 5.73 Å². The van der Waals surface area contributed by atoms with E-state index in [1.807, 2.05) is 6.07 Å². The molecule has 5 N–H and O–H groups in total. The number of hydrogen-bond donors (Lipinski definition) is 4. The first-order chi connectivity index (χ1) is 9.06. The van der Waals surface area contributed by atoms with Gasteiger partial charge in [0, 0.05) is 5.39 Å². The number of nitrogens with two attached hydrogens (primary N) is 1. The first kappa shape index (κ1) is 13.9. The maximum absolute atomic E-state index is 12.0. The fourth-order valence-corrected chi connectivity index (χ4v) is 2.30. The highest BCUT2D eigenvalue weighted by Crippen LogP contribution is 2.30. The normalized spacial score (nSPS) is 12.5. The molecule has 0 saturated carbocycles. The van der Waals surface area contributed by atoms with Crippen LogP contribution < -0.4 is 16.4 Å². The summed E-state index contributed by atoms with van der Waals surface area (Å²) in [5.74, 6) is -1.11. The minimum Gasteiger partial charge on any atom is -0.370 e. The molecule has 2 aromatic rings. The van der Waals surface area contributed by atoms with Gasteiger partial charge in [-0.25, -0.2) is 0 Å². The third kappa shape index (κ3) is 2.08. The number of halogens is 1. The average Bonchev–Trinajstić information content (AvgIpc) is 2.69. The van der Waals surface area contributed by atoms with Crippen molar-refractivity contribution in [3.63, 3.8) is 0 Å². The molecular formula is C12H12ClN5O2. The molecule has 1 aromatic heterocycles. The van der Waals surface area contributed by atoms with E-state index < -0.39 is 11.9 Å². The first-order valence-corrected chi connectivity index (χ1v) is 5.64. The number of amides is 2. The van der Waals surface area contributed by atoms with E-state index in [-0.39, 0.29) is 24.9 Å². The van der Waals surface area contributed by atoms with Crippen molar-refractivity contribution in [1.82, 2.24) is 9.88 Å². The van der Waals surface area contributed by atoms with E-state index in [9.17, 15) is 9.59 Å². The van der Waals surface area contributed by atoms with Crippen LogP contribution in [0.25, 0.3) is 10.9 Å². The zero-order valence-electron chi connectivity index (χ0n) is 10.3. The van der Waals surface area contributed by atoms with Crippen LogP contribution in [0, 0.1) is 5.41 Å². The van der Waals surface area contributed by atoms with Crippen LogP contribution in [-0.4, -0.2) is 22.3 Å². The monoisotopic (exact) mass is 293 g/mol. The molecule has 0 aliphatic carbocycles. The van der Waals surface area contributed by atoms with E-state index in [1.54, 1.807) is 22.8 Å². The number of nitrogens with zero attached hydrogens (tertiary/aromatic N) is 1. The molecule has 1 aliphatic heterocycles. The quantitative estimate of drug-likeness (QED) is 0.457. The molecule has 0 bridgehead atoms. The van der Waals surface area contributed by atoms with Gasteiger partial charge >= 0.3 is 0 Å². The van der Waals surface area contributed by atoms with Crippen molar-refractivity contribution in [2.75, 3.05) is 5.32 Å². The van der Waals surface area contributed by atoms with Crippen LogP contribution >= 0.6 is 12.4 Å². The molecule has 2 heterocycles. The molecule has 7 nitrogen and oxygen atoms in total. The van der Waals surface area contributed by atoms with Gasteiger partial charge < -0.3 is 15.6 Å². The van der Waals surface area contributed by atoms with Crippen LogP contribution in [0.3, 0.4) is 0 Å². The second-order valence-electron chi connectivity index (χ2n) is 4.28. The predicted octanol–water partition coefficient (Wildman–Crippen LogP) is 0.638. The van der Waals surface area contributed by atoms with E-state index in [1.165, 1.54) is 0 Å². The summed E-state index contributed by atoms with van der Waals surface area (Å²) < 4.78 is 1.63. The summed E-state index contributed by atoms with van der Waals surface area (Å²) in [6.07, 6.45) is 0. The zero-order valence-corrected chi connectivity index (χ0v) is 11.1. The van der Waals surface area contributed by atoms with Crippen molar-refractivity contribution < 1.29 is 9.59 Å². The first-order valence-electron chi connectivity index (χ1n) is 5.64. The summed E-state index contributed by atoms with van der Waals surface area (Å²) in [5, 5.41) is 12.9. The molecule has 20 heavy (non-hydrogen) atoms. The minimum absolute atomic E-state index is 0. The molecule has 2 amide bonds. The molecule has 0 radical (unpaired) electrons. The second kappa shape index (κ2) is 4.86. The van der Waals surface area contributed by atoms with Gasteiger partial charge in [-0.05, 0) is 12.1 Å². The van der Waals surface area contributed by atoms with Crippen molar-refractivity contribution in [1.29, 1.82) is 5.41 Å². The Hall–Kier alpha value is -2.54. The smallest absolute Gasteiger partial charge is 0.274 e. The third-order valence-electron chi connectivity index (χ3n) is 2.98. The maximum atomic E-state index is 12.0. The maximum Gasteiger partial charge on any atom is 0.274 e. The summed E-state index contributed by atoms with van der Waals surface area (Å²) >= 11 is 0. The van der Waals surface area contributed by atoms with Gasteiger partial charge in [0.2, 0.25) is 5.91 Å². The number of guanidine groups is 1. The van der Waals surface area contributed by atoms with E-state index in [0.717, 1.165) is 10.9 Å². The fourth-order valence-electron chi connectivity index (χ4n) is 2.30. The number of carbonyl (C=O) groups is 2. The van der Waals surface area contributed by atoms with Gasteiger partial charge in [0.15, 0.2) is 5.96 Å². The summed E-state index contributed by atoms with van der Waals surface area (Å²) in [5.41, 5.74) is 6.94. The lowest BCUT2D eigenvalue weighted by atomic mass is 10.2. The van der Waals surface area contributed by atoms with Crippen molar-refractivity contribution in [2.45, 2.75) is 6.54 Å². The predicted molar refractivity (Wildman–Crippen MR) is 77.2 cm³/mol. The van der Waals surface area contributed by atoms with Crippen molar-refractivity contribution in [3.05, 3.63) is 30.0 Å². The van der Waals surface area contributed by atoms with Gasteiger partial charge in [-0.3, -0.25) is 20.3 Å². The Kier molecular flexibility index (Phi) is 3.37. The highest BCUT2D eigenvalue weighted by atomic mass is 35.5. The number of nitrogens with one attached hydrogen (secondary N) is 3. The fraction of sp³-hybridized carbons (Fsp3) is 0.0833. The SMILES string of the molecule is Cl.N=C(N)NC(=O)c1cc2cccc3c2n1CC(=O)N3. The Morgan fingerprint density at radius 2 is 2.20 bits per heavy atom. The molecule has 3 rings (SSSR count). The lowest BCUT2D eigenvalue weighted by Gasteiger charge is -2.18. The number of para-hydroxylation sites is 1. The van der Waals surface area contributed by atoms with E-state index in [2.05, 4.69) is 10.6 Å². The lowest BCUT2D eigenvalue weighted by Crippen LogP contribution is -2.37. The molecule has 0 spiro atoms. The van der Waals surface area contributed by atoms with Gasteiger partial charge in [0.25, 0.3) is 5.91 Å². The lowest BCUT2D eigenvalue weighted by molar-refractivity contribution is -0.116. The van der Waals surface area contributed by atoms with E-state index in [0.29, 0.717) is 11.4 Å². The van der Waals surface area contributed by atoms with Crippen LogP contribution in [-0.2, 0) is 11.3 Å². The van der Waals surface area contributed by atoms with Gasteiger partial charge in [0.1, 0.15) is 12.2 Å². The van der Waals surface area contributed by atoms with Crippen LogP contribution in [0.5, 0.6) is 0 Å². The number of carbonyl (C=O) groups excluding carboxylic acids is 2. The Morgan fingerprint density at radius 3 is 2.90 bits per heavy atom. The molecule has 0 unspecified atom stereocenters. The molecule has 104 valence electrons. The van der Waals surface area contributed by atoms with Crippen LogP contribution in [0.2, 0.25) is 0 Å². The molecule has 1 aliphatic rings. The summed E-state index contributed by atoms with van der Waals surface area (Å²) in [4.78, 5) is 23.6. The molecule has 0 fully saturated rings. The zero-order chi connectivity index (χ0) is 13.6. The van der Waals surface area contributed by atoms with Crippen LogP contribution in [0.15, 0.2) is 24.3 Å². The molecule has 8 heteroatoms. The van der Waals surface area contributed by atoms with Gasteiger partial charge in [-0.15, -0.1) is 12.4 Å². The van der Waals surface area contributed by atoms with Crippen molar-refractivity contribution in [3.8, 4) is 0 Å². The van der Waals surface area contributed by atoms with Gasteiger partial charge in [-0.1, -0.05) is 12.1 Å². The number of hydrogen-bond acceptors (Lipinski definition) is 3. The largest absolute Gasteiger partial charge is 0.370 e. The van der Waals surface area contributed by atoms with Gasteiger partial charge in [-0.2, -0.15) is 0 Å². The van der Waals surface area contributed by atoms with E-state index in [4.69, 9.17) is 11.1 Å². The Bertz CT molecular complexity index is 737. The summed E-state index contributed by atoms with van der Waals surface area (Å²) in [6.45, 7) is 0.0706. The van der Waals surface area contributed by atoms with Crippen LogP contribution in [0.4, 0.5) is 5.69 Å². The highest BCUT2D eigenvalue weighted by Gasteiger charge is 2.23.